The molecule has 158 valence electrons. The van der Waals surface area contributed by atoms with Crippen LogP contribution in [0.2, 0.25) is 0 Å². The third kappa shape index (κ3) is 4.77. The maximum absolute atomic E-state index is 13.2. The summed E-state index contributed by atoms with van der Waals surface area (Å²) in [5.41, 5.74) is 6.01. The molecule has 3 aromatic carbocycles. The number of hydrogen-bond acceptors (Lipinski definition) is 3. The Labute approximate surface area is 182 Å². The zero-order chi connectivity index (χ0) is 21.8. The molecule has 0 aliphatic carbocycles. The van der Waals surface area contributed by atoms with Gasteiger partial charge in [0, 0.05) is 12.1 Å². The van der Waals surface area contributed by atoms with E-state index in [-0.39, 0.29) is 12.5 Å². The minimum Gasteiger partial charge on any atom is -0.445 e. The Balaban J connectivity index is 1.54. The summed E-state index contributed by atoms with van der Waals surface area (Å²) in [5.74, 6) is -0.214. The maximum atomic E-state index is 13.2. The highest BCUT2D eigenvalue weighted by atomic mass is 16.6. The van der Waals surface area contributed by atoms with Crippen molar-refractivity contribution in [2.24, 2.45) is 0 Å². The van der Waals surface area contributed by atoms with E-state index in [0.717, 1.165) is 33.5 Å². The molecular formula is C26H26N2O3. The third-order valence-electron chi connectivity index (χ3n) is 5.77. The van der Waals surface area contributed by atoms with E-state index in [1.807, 2.05) is 86.6 Å². The molecule has 31 heavy (non-hydrogen) atoms. The van der Waals surface area contributed by atoms with Gasteiger partial charge in [-0.15, -0.1) is 0 Å². The Bertz CT molecular complexity index is 1090. The molecular weight excluding hydrogens is 388 g/mol. The Morgan fingerprint density at radius 3 is 2.39 bits per heavy atom. The number of nitrogens with one attached hydrogen (secondary N) is 1. The topological polar surface area (TPSA) is 58.6 Å². The summed E-state index contributed by atoms with van der Waals surface area (Å²) in [7, 11) is 0. The van der Waals surface area contributed by atoms with E-state index in [9.17, 15) is 9.59 Å². The molecule has 0 fully saturated rings. The lowest BCUT2D eigenvalue weighted by atomic mass is 9.93. The third-order valence-corrected chi connectivity index (χ3v) is 5.77. The summed E-state index contributed by atoms with van der Waals surface area (Å²) in [6.07, 6.45) is -0.0357. The van der Waals surface area contributed by atoms with E-state index in [0.29, 0.717) is 13.0 Å². The van der Waals surface area contributed by atoms with Gasteiger partial charge in [0.25, 0.3) is 0 Å². The second kappa shape index (κ2) is 9.04. The van der Waals surface area contributed by atoms with Crippen LogP contribution in [0, 0.1) is 13.8 Å². The first-order chi connectivity index (χ1) is 15.0. The smallest absolute Gasteiger partial charge is 0.411 e. The van der Waals surface area contributed by atoms with Crippen molar-refractivity contribution in [3.63, 3.8) is 0 Å². The Morgan fingerprint density at radius 1 is 0.935 bits per heavy atom. The lowest BCUT2D eigenvalue weighted by Crippen LogP contribution is -2.50. The monoisotopic (exact) mass is 414 g/mol. The Kier molecular flexibility index (Phi) is 6.03. The number of anilines is 1. The molecule has 5 nitrogen and oxygen atoms in total. The van der Waals surface area contributed by atoms with Gasteiger partial charge in [-0.05, 0) is 53.8 Å². The molecule has 1 atom stereocenters. The number of nitrogens with zero attached hydrogens (tertiary/aromatic N) is 1. The number of ether oxygens (including phenoxy) is 1. The predicted octanol–water partition coefficient (Wildman–Crippen LogP) is 5.01. The van der Waals surface area contributed by atoms with Gasteiger partial charge in [0.15, 0.2) is 0 Å². The Morgan fingerprint density at radius 2 is 1.65 bits per heavy atom. The standard InChI is InChI=1S/C26H26N2O3/c1-18-12-13-23(14-19(18)2)27-25(29)24-15-21-10-6-7-11-22(21)16-28(24)26(30)31-17-20-8-4-3-5-9-20/h3-14,24H,15-17H2,1-2H3,(H,27,29)/t24-/m1/s1. The van der Waals surface area contributed by atoms with Crippen LogP contribution in [-0.2, 0) is 29.1 Å². The number of amides is 2. The van der Waals surface area contributed by atoms with Gasteiger partial charge >= 0.3 is 6.09 Å². The van der Waals surface area contributed by atoms with Gasteiger partial charge in [0.1, 0.15) is 12.6 Å². The molecule has 1 aliphatic heterocycles. The van der Waals surface area contributed by atoms with Gasteiger partial charge in [0.2, 0.25) is 5.91 Å². The second-order valence-electron chi connectivity index (χ2n) is 7.95. The molecule has 4 rings (SSSR count). The molecule has 0 radical (unpaired) electrons. The first-order valence-electron chi connectivity index (χ1n) is 10.4. The summed E-state index contributed by atoms with van der Waals surface area (Å²) in [6.45, 7) is 4.55. The molecule has 2 amide bonds. The molecule has 5 heteroatoms. The largest absolute Gasteiger partial charge is 0.445 e. The van der Waals surface area contributed by atoms with Crippen molar-refractivity contribution in [3.8, 4) is 0 Å². The molecule has 0 unspecified atom stereocenters. The van der Waals surface area contributed by atoms with Crippen LogP contribution in [-0.4, -0.2) is 22.9 Å². The number of fused-ring (bicyclic) bond motifs is 1. The van der Waals surface area contributed by atoms with Gasteiger partial charge in [-0.25, -0.2) is 4.79 Å². The zero-order valence-corrected chi connectivity index (χ0v) is 17.8. The van der Waals surface area contributed by atoms with Crippen molar-refractivity contribution in [3.05, 3.63) is 101 Å². The number of aryl methyl sites for hydroxylation is 2. The van der Waals surface area contributed by atoms with Crippen LogP contribution in [0.1, 0.15) is 27.8 Å². The van der Waals surface area contributed by atoms with Crippen LogP contribution in [0.15, 0.2) is 72.8 Å². The van der Waals surface area contributed by atoms with Crippen LogP contribution in [0.25, 0.3) is 0 Å². The highest BCUT2D eigenvalue weighted by molar-refractivity contribution is 5.97. The number of carbonyl (C=O) groups is 2. The highest BCUT2D eigenvalue weighted by Gasteiger charge is 2.35. The first kappa shape index (κ1) is 20.7. The highest BCUT2D eigenvalue weighted by Crippen LogP contribution is 2.25. The molecule has 0 bridgehead atoms. The lowest BCUT2D eigenvalue weighted by molar-refractivity contribution is -0.121. The normalized spacial score (nSPS) is 15.2. The maximum Gasteiger partial charge on any atom is 0.411 e. The van der Waals surface area contributed by atoms with E-state index in [4.69, 9.17) is 4.74 Å². The summed E-state index contributed by atoms with van der Waals surface area (Å²) in [5, 5.41) is 2.98. The lowest BCUT2D eigenvalue weighted by Gasteiger charge is -2.35. The average Bonchev–Trinajstić information content (AvgIpc) is 2.79. The first-order valence-corrected chi connectivity index (χ1v) is 10.4. The molecule has 1 aliphatic rings. The van der Waals surface area contributed by atoms with Crippen LogP contribution < -0.4 is 5.32 Å². The molecule has 1 N–H and O–H groups in total. The van der Waals surface area contributed by atoms with Gasteiger partial charge in [-0.1, -0.05) is 60.7 Å². The van der Waals surface area contributed by atoms with Crippen molar-refractivity contribution in [1.29, 1.82) is 0 Å². The van der Waals surface area contributed by atoms with Crippen molar-refractivity contribution >= 4 is 17.7 Å². The summed E-state index contributed by atoms with van der Waals surface area (Å²) < 4.78 is 5.56. The van der Waals surface area contributed by atoms with E-state index in [1.54, 1.807) is 0 Å². The van der Waals surface area contributed by atoms with E-state index in [2.05, 4.69) is 5.32 Å². The second-order valence-corrected chi connectivity index (χ2v) is 7.95. The molecule has 0 aromatic heterocycles. The molecule has 0 saturated carbocycles. The number of rotatable bonds is 4. The molecule has 1 heterocycles. The molecule has 3 aromatic rings. The number of hydrogen-bond donors (Lipinski definition) is 1. The zero-order valence-electron chi connectivity index (χ0n) is 17.8. The van der Waals surface area contributed by atoms with E-state index < -0.39 is 12.1 Å². The summed E-state index contributed by atoms with van der Waals surface area (Å²) in [4.78, 5) is 27.7. The predicted molar refractivity (Wildman–Crippen MR) is 121 cm³/mol. The van der Waals surface area contributed by atoms with Crippen LogP contribution in [0.5, 0.6) is 0 Å². The molecule has 0 saturated heterocycles. The van der Waals surface area contributed by atoms with Gasteiger partial charge < -0.3 is 10.1 Å². The summed E-state index contributed by atoms with van der Waals surface area (Å²) in [6, 6.07) is 22.6. The van der Waals surface area contributed by atoms with Crippen molar-refractivity contribution < 1.29 is 14.3 Å². The fourth-order valence-electron chi connectivity index (χ4n) is 3.80. The fraction of sp³-hybridized carbons (Fsp3) is 0.231. The van der Waals surface area contributed by atoms with E-state index in [1.165, 1.54) is 4.90 Å². The number of carbonyl (C=O) groups excluding carboxylic acids is 2. The SMILES string of the molecule is Cc1ccc(NC(=O)[C@H]2Cc3ccccc3CN2C(=O)OCc2ccccc2)cc1C. The van der Waals surface area contributed by atoms with Gasteiger partial charge in [-0.3, -0.25) is 9.69 Å². The van der Waals surface area contributed by atoms with Crippen molar-refractivity contribution in [1.82, 2.24) is 4.90 Å². The van der Waals surface area contributed by atoms with Crippen LogP contribution >= 0.6 is 0 Å². The van der Waals surface area contributed by atoms with E-state index >= 15 is 0 Å². The Hall–Kier alpha value is -3.60. The molecule has 0 spiro atoms. The quantitative estimate of drug-likeness (QED) is 0.653. The fourth-order valence-corrected chi connectivity index (χ4v) is 3.80. The average molecular weight is 415 g/mol. The number of benzene rings is 3. The minimum absolute atomic E-state index is 0.170. The van der Waals surface area contributed by atoms with Gasteiger partial charge in [-0.2, -0.15) is 0 Å². The van der Waals surface area contributed by atoms with Gasteiger partial charge in [0.05, 0.1) is 6.54 Å². The van der Waals surface area contributed by atoms with Crippen molar-refractivity contribution in [2.45, 2.75) is 39.5 Å². The minimum atomic E-state index is -0.639. The van der Waals surface area contributed by atoms with Crippen LogP contribution in [0.3, 0.4) is 0 Å². The summed E-state index contributed by atoms with van der Waals surface area (Å²) >= 11 is 0. The van der Waals surface area contributed by atoms with Crippen LogP contribution in [0.4, 0.5) is 10.5 Å². The van der Waals surface area contributed by atoms with Crippen molar-refractivity contribution in [2.75, 3.05) is 5.32 Å².